The Hall–Kier alpha value is -5.39. The molecule has 11 heteroatoms. The van der Waals surface area contributed by atoms with Gasteiger partial charge >= 0.3 is 0 Å². The molecule has 0 spiro atoms. The van der Waals surface area contributed by atoms with E-state index in [0.29, 0.717) is 11.0 Å². The van der Waals surface area contributed by atoms with Crippen LogP contribution >= 0.6 is 22.7 Å². The largest absolute Gasteiger partial charge is 0.289 e. The van der Waals surface area contributed by atoms with Crippen LogP contribution in [0.3, 0.4) is 0 Å². The van der Waals surface area contributed by atoms with E-state index in [9.17, 15) is 24.0 Å². The minimum atomic E-state index is -0.565. The molecule has 2 aliphatic rings. The Bertz CT molecular complexity index is 2010. The zero-order valence-electron chi connectivity index (χ0n) is 21.2. The van der Waals surface area contributed by atoms with Gasteiger partial charge in [-0.1, -0.05) is 59.1 Å². The van der Waals surface area contributed by atoms with E-state index in [1.54, 1.807) is 12.1 Å². The lowest BCUT2D eigenvalue weighted by Crippen LogP contribution is -2.29. The predicted molar refractivity (Wildman–Crippen MR) is 158 cm³/mol. The van der Waals surface area contributed by atoms with Crippen molar-refractivity contribution in [2.24, 2.45) is 0 Å². The van der Waals surface area contributed by atoms with Crippen molar-refractivity contribution in [3.63, 3.8) is 0 Å². The Labute approximate surface area is 244 Å². The second-order valence-corrected chi connectivity index (χ2v) is 11.7. The highest BCUT2D eigenvalue weighted by atomic mass is 32.1. The number of benzene rings is 4. The summed E-state index contributed by atoms with van der Waals surface area (Å²) in [4.78, 5) is 77.4. The first kappa shape index (κ1) is 24.4. The molecule has 2 aliphatic heterocycles. The second-order valence-electron chi connectivity index (χ2n) is 9.67. The molecule has 8 rings (SSSR count). The fraction of sp³-hybridized carbons (Fsp3) is 0. The standard InChI is InChI=1S/C31H14N4O5S2/c36-25(15-9-11-17-19(13-15)28(39)34(26(17)37)30-32-21-5-1-3-7-23(21)41-30)16-10-12-18-20(14-16)29(40)35(27(18)38)31-33-22-6-2-4-8-24(22)42-31/h1-14H. The highest BCUT2D eigenvalue weighted by molar-refractivity contribution is 7.23. The van der Waals surface area contributed by atoms with Crippen LogP contribution < -0.4 is 9.80 Å². The molecule has 0 atom stereocenters. The van der Waals surface area contributed by atoms with Crippen LogP contribution in [0.2, 0.25) is 0 Å². The molecule has 4 amide bonds. The lowest BCUT2D eigenvalue weighted by Gasteiger charge is -2.08. The van der Waals surface area contributed by atoms with Crippen molar-refractivity contribution < 1.29 is 24.0 Å². The quantitative estimate of drug-likeness (QED) is 0.191. The molecule has 2 aromatic heterocycles. The van der Waals surface area contributed by atoms with Gasteiger partial charge < -0.3 is 0 Å². The van der Waals surface area contributed by atoms with Gasteiger partial charge in [0.2, 0.25) is 10.3 Å². The van der Waals surface area contributed by atoms with Crippen LogP contribution in [0.15, 0.2) is 84.9 Å². The smallest absolute Gasteiger partial charge is 0.268 e. The van der Waals surface area contributed by atoms with E-state index in [1.165, 1.54) is 59.1 Å². The molecule has 200 valence electrons. The fourth-order valence-corrected chi connectivity index (χ4v) is 7.11. The molecule has 0 radical (unpaired) electrons. The van der Waals surface area contributed by atoms with Gasteiger partial charge in [0.1, 0.15) is 0 Å². The van der Waals surface area contributed by atoms with Crippen molar-refractivity contribution in [2.45, 2.75) is 0 Å². The number of hydrogen-bond donors (Lipinski definition) is 0. The maximum absolute atomic E-state index is 13.5. The van der Waals surface area contributed by atoms with Crippen LogP contribution in [0.1, 0.15) is 57.4 Å². The molecule has 0 unspecified atom stereocenters. The van der Waals surface area contributed by atoms with Crippen LogP contribution in [0.5, 0.6) is 0 Å². The number of imide groups is 2. The molecule has 9 nitrogen and oxygen atoms in total. The third kappa shape index (κ3) is 3.44. The van der Waals surface area contributed by atoms with Crippen molar-refractivity contribution >= 4 is 82.8 Å². The number of fused-ring (bicyclic) bond motifs is 4. The summed E-state index contributed by atoms with van der Waals surface area (Å²) in [6.07, 6.45) is 0. The maximum atomic E-state index is 13.5. The van der Waals surface area contributed by atoms with E-state index >= 15 is 0 Å². The number of ketones is 1. The van der Waals surface area contributed by atoms with E-state index in [-0.39, 0.29) is 43.6 Å². The summed E-state index contributed by atoms with van der Waals surface area (Å²) in [5, 5.41) is 0.518. The lowest BCUT2D eigenvalue weighted by atomic mass is 9.96. The van der Waals surface area contributed by atoms with Gasteiger partial charge in [0, 0.05) is 11.1 Å². The first-order valence-electron chi connectivity index (χ1n) is 12.7. The van der Waals surface area contributed by atoms with Crippen LogP contribution in [0.4, 0.5) is 10.3 Å². The number of aromatic nitrogens is 2. The van der Waals surface area contributed by atoms with E-state index in [2.05, 4.69) is 9.97 Å². The zero-order valence-corrected chi connectivity index (χ0v) is 22.9. The predicted octanol–water partition coefficient (Wildman–Crippen LogP) is 5.74. The molecule has 0 saturated heterocycles. The molecule has 42 heavy (non-hydrogen) atoms. The normalized spacial score (nSPS) is 14.4. The third-order valence-corrected chi connectivity index (χ3v) is 9.29. The monoisotopic (exact) mass is 586 g/mol. The Morgan fingerprint density at radius 3 is 1.36 bits per heavy atom. The molecular formula is C31H14N4O5S2. The van der Waals surface area contributed by atoms with Gasteiger partial charge in [0.25, 0.3) is 23.6 Å². The number of hydrogen-bond acceptors (Lipinski definition) is 9. The van der Waals surface area contributed by atoms with Gasteiger partial charge in [0.05, 0.1) is 42.7 Å². The lowest BCUT2D eigenvalue weighted by molar-refractivity contribution is 0.0910. The summed E-state index contributed by atoms with van der Waals surface area (Å²) in [6.45, 7) is 0. The van der Waals surface area contributed by atoms with Crippen molar-refractivity contribution in [1.29, 1.82) is 0 Å². The second kappa shape index (κ2) is 8.80. The molecule has 0 fully saturated rings. The molecule has 0 bridgehead atoms. The minimum Gasteiger partial charge on any atom is -0.289 e. The summed E-state index contributed by atoms with van der Waals surface area (Å²) in [6, 6.07) is 23.3. The summed E-state index contributed by atoms with van der Waals surface area (Å²) in [5.41, 5.74) is 2.24. The summed E-state index contributed by atoms with van der Waals surface area (Å²) >= 11 is 2.46. The third-order valence-electron chi connectivity index (χ3n) is 7.25. The van der Waals surface area contributed by atoms with E-state index in [1.807, 2.05) is 36.4 Å². The van der Waals surface area contributed by atoms with Gasteiger partial charge in [-0.2, -0.15) is 0 Å². The first-order valence-corrected chi connectivity index (χ1v) is 14.3. The summed E-state index contributed by atoms with van der Waals surface area (Å²) < 4.78 is 1.68. The van der Waals surface area contributed by atoms with Crippen molar-refractivity contribution in [3.05, 3.63) is 118 Å². The Morgan fingerprint density at radius 1 is 0.524 bits per heavy atom. The summed E-state index contributed by atoms with van der Waals surface area (Å²) in [5.74, 6) is -2.61. The highest BCUT2D eigenvalue weighted by Gasteiger charge is 2.40. The van der Waals surface area contributed by atoms with Crippen LogP contribution in [0.25, 0.3) is 20.4 Å². The minimum absolute atomic E-state index is 0.0968. The molecule has 0 N–H and O–H groups in total. The maximum Gasteiger partial charge on any atom is 0.268 e. The van der Waals surface area contributed by atoms with Gasteiger partial charge in [-0.25, -0.2) is 19.8 Å². The van der Waals surface area contributed by atoms with E-state index < -0.39 is 29.4 Å². The van der Waals surface area contributed by atoms with Crippen molar-refractivity contribution in [3.8, 4) is 0 Å². The SMILES string of the molecule is O=C(c1ccc2c(c1)C(=O)N(c1nc3ccccc3s1)C2=O)c1ccc2c(c1)C(=O)N(c1nc3ccccc3s1)C2=O. The average Bonchev–Trinajstić information content (AvgIpc) is 3.74. The van der Waals surface area contributed by atoms with Crippen molar-refractivity contribution in [1.82, 2.24) is 9.97 Å². The first-order chi connectivity index (χ1) is 20.4. The Morgan fingerprint density at radius 2 is 0.929 bits per heavy atom. The fourth-order valence-electron chi connectivity index (χ4n) is 5.19. The summed E-state index contributed by atoms with van der Waals surface area (Å²) in [7, 11) is 0. The van der Waals surface area contributed by atoms with Gasteiger partial charge in [-0.3, -0.25) is 24.0 Å². The number of para-hydroxylation sites is 2. The zero-order chi connectivity index (χ0) is 28.7. The number of amides is 4. The van der Waals surface area contributed by atoms with E-state index in [4.69, 9.17) is 0 Å². The number of carbonyl (C=O) groups excluding carboxylic acids is 5. The average molecular weight is 587 g/mol. The Balaban J connectivity index is 1.11. The number of thiazole rings is 2. The highest BCUT2D eigenvalue weighted by Crippen LogP contribution is 2.36. The van der Waals surface area contributed by atoms with Crippen LogP contribution in [0, 0.1) is 0 Å². The van der Waals surface area contributed by atoms with Crippen molar-refractivity contribution in [2.75, 3.05) is 9.80 Å². The van der Waals surface area contributed by atoms with Crippen LogP contribution in [-0.4, -0.2) is 39.4 Å². The van der Waals surface area contributed by atoms with Gasteiger partial charge in [0.15, 0.2) is 5.78 Å². The van der Waals surface area contributed by atoms with Gasteiger partial charge in [-0.15, -0.1) is 0 Å². The number of nitrogens with zero attached hydrogens (tertiary/aromatic N) is 4. The van der Waals surface area contributed by atoms with Gasteiger partial charge in [-0.05, 0) is 48.5 Å². The molecule has 6 aromatic rings. The number of anilines is 2. The topological polar surface area (TPSA) is 118 Å². The number of rotatable bonds is 4. The molecule has 0 saturated carbocycles. The Kier molecular flexibility index (Phi) is 5.12. The van der Waals surface area contributed by atoms with E-state index in [0.717, 1.165) is 19.2 Å². The molecular weight excluding hydrogens is 572 g/mol. The molecule has 4 aromatic carbocycles. The van der Waals surface area contributed by atoms with Crippen LogP contribution in [-0.2, 0) is 0 Å². The number of carbonyl (C=O) groups is 5. The molecule has 4 heterocycles. The molecule has 0 aliphatic carbocycles.